The van der Waals surface area contributed by atoms with Gasteiger partial charge in [0.2, 0.25) is 5.91 Å². The third-order valence-corrected chi connectivity index (χ3v) is 17.5. The molecule has 1 aliphatic rings. The molecule has 1 rings (SSSR count). The number of aliphatic hydroxyl groups is 5. The standard InChI is InChI=1S/C77H141NO8/c1-3-5-7-9-11-13-15-17-19-21-23-25-27-29-31-33-34-35-36-37-38-39-41-43-45-47-49-51-53-55-57-59-61-63-65-67-73(81)78-70(69-85-77-76(84)75(83)74(82)72(68-79)86-77)71(80)66-64-62-60-58-56-54-52-50-48-46-44-42-40-32-30-28-26-24-22-20-18-16-14-12-10-8-6-4-2/h5,7,11,13,17,19,23,25,29,31,64,66,70-72,74-77,79-80,82-84H,3-4,6,8-10,12,14-16,18,20-22,24,26-28,30,32-63,65,67-69H2,1-2H3,(H,78,81)/b7-5-,13-11-,19-17-,25-23-,31-29-,66-64+. The Kier molecular flexibility index (Phi) is 62.3. The summed E-state index contributed by atoms with van der Waals surface area (Å²) in [6.07, 6.45) is 85.9. The largest absolute Gasteiger partial charge is 0.394 e. The highest BCUT2D eigenvalue weighted by molar-refractivity contribution is 5.76. The smallest absolute Gasteiger partial charge is 0.220 e. The highest BCUT2D eigenvalue weighted by atomic mass is 16.7. The summed E-state index contributed by atoms with van der Waals surface area (Å²) in [7, 11) is 0. The molecule has 9 nitrogen and oxygen atoms in total. The van der Waals surface area contributed by atoms with Gasteiger partial charge in [0.25, 0.3) is 0 Å². The summed E-state index contributed by atoms with van der Waals surface area (Å²) in [5.74, 6) is -0.172. The predicted molar refractivity (Wildman–Crippen MR) is 369 cm³/mol. The molecule has 7 atom stereocenters. The lowest BCUT2D eigenvalue weighted by molar-refractivity contribution is -0.302. The predicted octanol–water partition coefficient (Wildman–Crippen LogP) is 20.7. The average molecular weight is 1210 g/mol. The topological polar surface area (TPSA) is 149 Å². The zero-order chi connectivity index (χ0) is 62.1. The van der Waals surface area contributed by atoms with Gasteiger partial charge in [0.1, 0.15) is 24.4 Å². The Morgan fingerprint density at radius 1 is 0.407 bits per heavy atom. The van der Waals surface area contributed by atoms with Crippen LogP contribution in [0, 0.1) is 0 Å². The number of rotatable bonds is 65. The van der Waals surface area contributed by atoms with Crippen molar-refractivity contribution in [2.75, 3.05) is 13.2 Å². The van der Waals surface area contributed by atoms with Gasteiger partial charge in [-0.25, -0.2) is 0 Å². The molecule has 86 heavy (non-hydrogen) atoms. The highest BCUT2D eigenvalue weighted by Crippen LogP contribution is 2.24. The molecule has 1 amide bonds. The van der Waals surface area contributed by atoms with Crippen LogP contribution in [0.15, 0.2) is 72.9 Å². The lowest BCUT2D eigenvalue weighted by atomic mass is 9.99. The number of carbonyl (C=O) groups excluding carboxylic acids is 1. The molecule has 0 radical (unpaired) electrons. The zero-order valence-corrected chi connectivity index (χ0v) is 56.3. The number of aliphatic hydroxyl groups excluding tert-OH is 5. The van der Waals surface area contributed by atoms with Gasteiger partial charge in [0.15, 0.2) is 6.29 Å². The van der Waals surface area contributed by atoms with Crippen LogP contribution in [-0.2, 0) is 14.3 Å². The molecule has 1 saturated heterocycles. The molecule has 1 heterocycles. The van der Waals surface area contributed by atoms with Crippen molar-refractivity contribution in [2.45, 2.75) is 397 Å². The van der Waals surface area contributed by atoms with E-state index in [9.17, 15) is 30.3 Å². The van der Waals surface area contributed by atoms with Gasteiger partial charge in [-0.3, -0.25) is 4.79 Å². The Morgan fingerprint density at radius 3 is 1.07 bits per heavy atom. The van der Waals surface area contributed by atoms with Crippen LogP contribution in [0.2, 0.25) is 0 Å². The van der Waals surface area contributed by atoms with Crippen LogP contribution in [-0.4, -0.2) is 87.5 Å². The summed E-state index contributed by atoms with van der Waals surface area (Å²) >= 11 is 0. The molecular formula is C77H141NO8. The summed E-state index contributed by atoms with van der Waals surface area (Å²) in [5, 5.41) is 54.9. The van der Waals surface area contributed by atoms with Crippen molar-refractivity contribution in [1.82, 2.24) is 5.32 Å². The van der Waals surface area contributed by atoms with Gasteiger partial charge in [0, 0.05) is 6.42 Å². The number of carbonyl (C=O) groups is 1. The fraction of sp³-hybridized carbons (Fsp3) is 0.831. The summed E-state index contributed by atoms with van der Waals surface area (Å²) in [6, 6.07) is -0.808. The van der Waals surface area contributed by atoms with Crippen LogP contribution in [0.3, 0.4) is 0 Å². The Bertz CT molecular complexity index is 1590. The number of unbranched alkanes of at least 4 members (excludes halogenated alkanes) is 45. The minimum Gasteiger partial charge on any atom is -0.394 e. The Labute approximate surface area is 531 Å². The van der Waals surface area contributed by atoms with E-state index in [1.807, 2.05) is 6.08 Å². The third kappa shape index (κ3) is 53.5. The van der Waals surface area contributed by atoms with Crippen molar-refractivity contribution in [2.24, 2.45) is 0 Å². The quantitative estimate of drug-likeness (QED) is 0.0261. The van der Waals surface area contributed by atoms with E-state index < -0.39 is 49.5 Å². The zero-order valence-electron chi connectivity index (χ0n) is 56.3. The maximum atomic E-state index is 13.2. The lowest BCUT2D eigenvalue weighted by Crippen LogP contribution is -2.60. The number of amides is 1. The Morgan fingerprint density at radius 2 is 0.721 bits per heavy atom. The fourth-order valence-electron chi connectivity index (χ4n) is 11.8. The molecule has 9 heteroatoms. The van der Waals surface area contributed by atoms with Crippen LogP contribution < -0.4 is 5.32 Å². The van der Waals surface area contributed by atoms with Crippen molar-refractivity contribution < 1.29 is 39.8 Å². The molecule has 1 aliphatic heterocycles. The van der Waals surface area contributed by atoms with Gasteiger partial charge in [-0.05, 0) is 64.2 Å². The highest BCUT2D eigenvalue weighted by Gasteiger charge is 2.44. The van der Waals surface area contributed by atoms with Gasteiger partial charge in [-0.15, -0.1) is 0 Å². The summed E-state index contributed by atoms with van der Waals surface area (Å²) < 4.78 is 11.3. The van der Waals surface area contributed by atoms with E-state index in [1.54, 1.807) is 6.08 Å². The number of allylic oxidation sites excluding steroid dienone is 11. The first-order chi connectivity index (χ1) is 42.3. The minimum atomic E-state index is -1.57. The summed E-state index contributed by atoms with van der Waals surface area (Å²) in [5.41, 5.74) is 0. The maximum Gasteiger partial charge on any atom is 0.220 e. The number of ether oxygens (including phenoxy) is 2. The van der Waals surface area contributed by atoms with Crippen LogP contribution in [0.25, 0.3) is 0 Å². The first-order valence-corrected chi connectivity index (χ1v) is 37.2. The Balaban J connectivity index is 2.10. The van der Waals surface area contributed by atoms with E-state index in [0.717, 1.165) is 70.6 Å². The van der Waals surface area contributed by atoms with Crippen LogP contribution in [0.1, 0.15) is 354 Å². The molecule has 0 aromatic heterocycles. The second-order valence-electron chi connectivity index (χ2n) is 25.7. The van der Waals surface area contributed by atoms with Crippen molar-refractivity contribution in [3.63, 3.8) is 0 Å². The second kappa shape index (κ2) is 65.6. The van der Waals surface area contributed by atoms with Gasteiger partial charge in [0.05, 0.1) is 25.4 Å². The average Bonchev–Trinajstić information content (AvgIpc) is 3.65. The van der Waals surface area contributed by atoms with Gasteiger partial charge >= 0.3 is 0 Å². The molecule has 0 aromatic rings. The first kappa shape index (κ1) is 81.6. The van der Waals surface area contributed by atoms with Crippen LogP contribution >= 0.6 is 0 Å². The van der Waals surface area contributed by atoms with E-state index in [1.165, 1.54) is 263 Å². The molecule has 0 aliphatic carbocycles. The second-order valence-corrected chi connectivity index (χ2v) is 25.7. The van der Waals surface area contributed by atoms with Gasteiger partial charge < -0.3 is 40.3 Å². The monoisotopic (exact) mass is 1210 g/mol. The van der Waals surface area contributed by atoms with Crippen molar-refractivity contribution in [3.8, 4) is 0 Å². The molecule has 0 aromatic carbocycles. The third-order valence-electron chi connectivity index (χ3n) is 17.5. The van der Waals surface area contributed by atoms with Gasteiger partial charge in [-0.1, -0.05) is 356 Å². The molecule has 0 spiro atoms. The van der Waals surface area contributed by atoms with Crippen molar-refractivity contribution in [1.29, 1.82) is 0 Å². The van der Waals surface area contributed by atoms with E-state index in [0.29, 0.717) is 6.42 Å². The Hall–Kier alpha value is -2.37. The minimum absolute atomic E-state index is 0.172. The number of nitrogens with one attached hydrogen (secondary N) is 1. The van der Waals surface area contributed by atoms with Crippen LogP contribution in [0.4, 0.5) is 0 Å². The fourth-order valence-corrected chi connectivity index (χ4v) is 11.8. The van der Waals surface area contributed by atoms with Crippen molar-refractivity contribution in [3.05, 3.63) is 72.9 Å². The molecule has 0 saturated carbocycles. The number of hydrogen-bond acceptors (Lipinski definition) is 8. The summed E-state index contributed by atoms with van der Waals surface area (Å²) in [6.45, 7) is 3.71. The normalized spacial score (nSPS) is 18.4. The van der Waals surface area contributed by atoms with E-state index >= 15 is 0 Å². The SMILES string of the molecule is CC/C=C\C/C=C\C/C=C\C/C=C\C/C=C\CCCCCCCCCCCCCCCCCCCCCC(=O)NC(COC1OC(CO)C(O)C(O)C1O)C(O)/C=C/CCCCCCCCCCCCCCCCCCCCCCCCCCCC. The molecule has 0 bridgehead atoms. The molecule has 502 valence electrons. The van der Waals surface area contributed by atoms with E-state index in [2.05, 4.69) is 79.9 Å². The van der Waals surface area contributed by atoms with Gasteiger partial charge in [-0.2, -0.15) is 0 Å². The molecule has 6 N–H and O–H groups in total. The maximum absolute atomic E-state index is 13.2. The van der Waals surface area contributed by atoms with Crippen LogP contribution in [0.5, 0.6) is 0 Å². The molecular weight excluding hydrogens is 1070 g/mol. The van der Waals surface area contributed by atoms with E-state index in [4.69, 9.17) is 9.47 Å². The molecule has 1 fully saturated rings. The lowest BCUT2D eigenvalue weighted by Gasteiger charge is -2.40. The molecule has 7 unspecified atom stereocenters. The summed E-state index contributed by atoms with van der Waals surface area (Å²) in [4.78, 5) is 13.2. The number of hydrogen-bond donors (Lipinski definition) is 6. The van der Waals surface area contributed by atoms with E-state index in [-0.39, 0.29) is 12.5 Å². The first-order valence-electron chi connectivity index (χ1n) is 37.2. The van der Waals surface area contributed by atoms with Crippen molar-refractivity contribution >= 4 is 5.91 Å².